The van der Waals surface area contributed by atoms with Crippen molar-refractivity contribution in [2.24, 2.45) is 0 Å². The van der Waals surface area contributed by atoms with Gasteiger partial charge in [-0.15, -0.1) is 0 Å². The summed E-state index contributed by atoms with van der Waals surface area (Å²) < 4.78 is 2.04. The molecule has 1 aromatic heterocycles. The molecule has 0 amide bonds. The molecule has 1 N–H and O–H groups in total. The van der Waals surface area contributed by atoms with E-state index in [-0.39, 0.29) is 0 Å². The summed E-state index contributed by atoms with van der Waals surface area (Å²) in [5, 5.41) is 3.62. The lowest BCUT2D eigenvalue weighted by atomic mass is 10.1. The summed E-state index contributed by atoms with van der Waals surface area (Å²) >= 11 is 0. The summed E-state index contributed by atoms with van der Waals surface area (Å²) in [6.07, 6.45) is 8.26. The van der Waals surface area contributed by atoms with Crippen LogP contribution in [-0.2, 0) is 0 Å². The van der Waals surface area contributed by atoms with Crippen LogP contribution < -0.4 is 5.32 Å². The third kappa shape index (κ3) is 2.39. The van der Waals surface area contributed by atoms with Crippen LogP contribution in [0.2, 0.25) is 0 Å². The Morgan fingerprint density at radius 3 is 3.00 bits per heavy atom. The van der Waals surface area contributed by atoms with E-state index in [1.807, 2.05) is 17.1 Å². The van der Waals surface area contributed by atoms with E-state index < -0.39 is 0 Å². The molecule has 1 unspecified atom stereocenters. The number of hydrogen-bond acceptors (Lipinski definition) is 2. The summed E-state index contributed by atoms with van der Waals surface area (Å²) in [6.45, 7) is 2.23. The third-order valence-corrected chi connectivity index (χ3v) is 3.24. The third-order valence-electron chi connectivity index (χ3n) is 3.24. The highest BCUT2D eigenvalue weighted by molar-refractivity contribution is 5.37. The Bertz CT molecular complexity index is 486. The Morgan fingerprint density at radius 1 is 1.41 bits per heavy atom. The van der Waals surface area contributed by atoms with Crippen molar-refractivity contribution >= 4 is 0 Å². The normalized spacial score (nSPS) is 17.0. The fourth-order valence-electron chi connectivity index (χ4n) is 2.07. The lowest BCUT2D eigenvalue weighted by molar-refractivity contribution is 0.571. The summed E-state index contributed by atoms with van der Waals surface area (Å²) in [6, 6.07) is 9.78. The molecule has 1 saturated carbocycles. The van der Waals surface area contributed by atoms with E-state index in [4.69, 9.17) is 0 Å². The van der Waals surface area contributed by atoms with Crippen molar-refractivity contribution in [3.8, 4) is 5.69 Å². The van der Waals surface area contributed by atoms with Gasteiger partial charge in [-0.05, 0) is 37.5 Å². The molecule has 1 aliphatic rings. The number of rotatable bonds is 4. The van der Waals surface area contributed by atoms with Gasteiger partial charge in [0.25, 0.3) is 0 Å². The fourth-order valence-corrected chi connectivity index (χ4v) is 2.07. The lowest BCUT2D eigenvalue weighted by Gasteiger charge is -2.14. The summed E-state index contributed by atoms with van der Waals surface area (Å²) in [5.74, 6) is 0. The van der Waals surface area contributed by atoms with E-state index in [1.54, 1.807) is 6.20 Å². The van der Waals surface area contributed by atoms with Gasteiger partial charge >= 0.3 is 0 Å². The SMILES string of the molecule is CC(NC1CC1)c1cccc(-n2ccnc2)c1. The molecule has 0 bridgehead atoms. The van der Waals surface area contributed by atoms with E-state index >= 15 is 0 Å². The van der Waals surface area contributed by atoms with Gasteiger partial charge in [-0.1, -0.05) is 12.1 Å². The van der Waals surface area contributed by atoms with E-state index in [0.29, 0.717) is 6.04 Å². The average Bonchev–Trinajstić information content (AvgIpc) is 3.00. The van der Waals surface area contributed by atoms with Crippen LogP contribution in [0.25, 0.3) is 5.69 Å². The van der Waals surface area contributed by atoms with Gasteiger partial charge in [-0.25, -0.2) is 4.98 Å². The molecular formula is C14H17N3. The maximum absolute atomic E-state index is 4.08. The number of nitrogens with one attached hydrogen (secondary N) is 1. The van der Waals surface area contributed by atoms with Gasteiger partial charge in [-0.3, -0.25) is 0 Å². The summed E-state index contributed by atoms with van der Waals surface area (Å²) in [4.78, 5) is 4.08. The van der Waals surface area contributed by atoms with Crippen LogP contribution >= 0.6 is 0 Å². The predicted molar refractivity (Wildman–Crippen MR) is 68.1 cm³/mol. The first-order chi connectivity index (χ1) is 8.33. The van der Waals surface area contributed by atoms with Gasteiger partial charge in [0.1, 0.15) is 0 Å². The molecule has 0 spiro atoms. The van der Waals surface area contributed by atoms with E-state index in [1.165, 1.54) is 24.1 Å². The number of hydrogen-bond donors (Lipinski definition) is 1. The van der Waals surface area contributed by atoms with Crippen molar-refractivity contribution in [2.45, 2.75) is 31.8 Å². The standard InChI is InChI=1S/C14H17N3/c1-11(16-13-5-6-13)12-3-2-4-14(9-12)17-8-7-15-10-17/h2-4,7-11,13,16H,5-6H2,1H3. The highest BCUT2D eigenvalue weighted by atomic mass is 15.0. The quantitative estimate of drug-likeness (QED) is 0.870. The summed E-state index contributed by atoms with van der Waals surface area (Å²) in [5.41, 5.74) is 2.51. The highest BCUT2D eigenvalue weighted by Gasteiger charge is 2.23. The fraction of sp³-hybridized carbons (Fsp3) is 0.357. The van der Waals surface area contributed by atoms with Crippen molar-refractivity contribution in [3.63, 3.8) is 0 Å². The molecular weight excluding hydrogens is 210 g/mol. The van der Waals surface area contributed by atoms with Gasteiger partial charge in [0, 0.05) is 30.2 Å². The number of nitrogens with zero attached hydrogens (tertiary/aromatic N) is 2. The molecule has 1 atom stereocenters. The predicted octanol–water partition coefficient (Wildman–Crippen LogP) is 2.69. The molecule has 0 aliphatic heterocycles. The first kappa shape index (κ1) is 10.5. The first-order valence-corrected chi connectivity index (χ1v) is 6.17. The molecule has 1 fully saturated rings. The molecule has 0 radical (unpaired) electrons. The van der Waals surface area contributed by atoms with Crippen LogP contribution in [0.1, 0.15) is 31.4 Å². The van der Waals surface area contributed by atoms with Crippen molar-refractivity contribution < 1.29 is 0 Å². The van der Waals surface area contributed by atoms with Gasteiger partial charge < -0.3 is 9.88 Å². The molecule has 0 saturated heterocycles. The van der Waals surface area contributed by atoms with Gasteiger partial charge in [0.05, 0.1) is 6.33 Å². The van der Waals surface area contributed by atoms with Crippen molar-refractivity contribution in [1.29, 1.82) is 0 Å². The number of imidazole rings is 1. The van der Waals surface area contributed by atoms with Crippen LogP contribution in [-0.4, -0.2) is 15.6 Å². The molecule has 3 heteroatoms. The van der Waals surface area contributed by atoms with Crippen molar-refractivity contribution in [3.05, 3.63) is 48.5 Å². The largest absolute Gasteiger partial charge is 0.307 e. The molecule has 1 heterocycles. The zero-order valence-electron chi connectivity index (χ0n) is 10.0. The van der Waals surface area contributed by atoms with E-state index in [0.717, 1.165) is 6.04 Å². The first-order valence-electron chi connectivity index (χ1n) is 6.17. The zero-order valence-corrected chi connectivity index (χ0v) is 10.0. The minimum atomic E-state index is 0.422. The maximum atomic E-state index is 4.08. The Kier molecular flexibility index (Phi) is 2.69. The minimum absolute atomic E-state index is 0.422. The molecule has 88 valence electrons. The van der Waals surface area contributed by atoms with E-state index in [9.17, 15) is 0 Å². The Hall–Kier alpha value is -1.61. The molecule has 17 heavy (non-hydrogen) atoms. The molecule has 3 nitrogen and oxygen atoms in total. The Morgan fingerprint density at radius 2 is 2.29 bits per heavy atom. The molecule has 1 aromatic carbocycles. The second kappa shape index (κ2) is 4.34. The highest BCUT2D eigenvalue weighted by Crippen LogP contribution is 2.24. The topological polar surface area (TPSA) is 29.9 Å². The zero-order chi connectivity index (χ0) is 11.7. The summed E-state index contributed by atoms with van der Waals surface area (Å²) in [7, 11) is 0. The number of aromatic nitrogens is 2. The van der Waals surface area contributed by atoms with Crippen LogP contribution in [0.5, 0.6) is 0 Å². The Labute approximate surface area is 101 Å². The van der Waals surface area contributed by atoms with E-state index in [2.05, 4.69) is 41.5 Å². The lowest BCUT2D eigenvalue weighted by Crippen LogP contribution is -2.20. The van der Waals surface area contributed by atoms with Gasteiger partial charge in [0.15, 0.2) is 0 Å². The van der Waals surface area contributed by atoms with Gasteiger partial charge in [0.2, 0.25) is 0 Å². The van der Waals surface area contributed by atoms with Crippen LogP contribution in [0.3, 0.4) is 0 Å². The van der Waals surface area contributed by atoms with Crippen molar-refractivity contribution in [1.82, 2.24) is 14.9 Å². The van der Waals surface area contributed by atoms with Crippen LogP contribution in [0.4, 0.5) is 0 Å². The molecule has 2 aromatic rings. The Balaban J connectivity index is 1.82. The smallest absolute Gasteiger partial charge is 0.0991 e. The number of benzene rings is 1. The van der Waals surface area contributed by atoms with Gasteiger partial charge in [-0.2, -0.15) is 0 Å². The second-order valence-electron chi connectivity index (χ2n) is 4.73. The minimum Gasteiger partial charge on any atom is -0.307 e. The van der Waals surface area contributed by atoms with Crippen LogP contribution in [0, 0.1) is 0 Å². The monoisotopic (exact) mass is 227 g/mol. The second-order valence-corrected chi connectivity index (χ2v) is 4.73. The maximum Gasteiger partial charge on any atom is 0.0991 e. The van der Waals surface area contributed by atoms with Crippen molar-refractivity contribution in [2.75, 3.05) is 0 Å². The molecule has 3 rings (SSSR count). The van der Waals surface area contributed by atoms with Crippen LogP contribution in [0.15, 0.2) is 43.0 Å². The molecule has 1 aliphatic carbocycles. The average molecular weight is 227 g/mol.